The molecule has 0 bridgehead atoms. The van der Waals surface area contributed by atoms with Crippen molar-refractivity contribution in [3.63, 3.8) is 0 Å². The fraction of sp³-hybridized carbons (Fsp3) is 0.714. The Labute approximate surface area is 76.6 Å². The number of carbonyl (C=O) groups is 2. The van der Waals surface area contributed by atoms with Gasteiger partial charge in [-0.3, -0.25) is 4.79 Å². The van der Waals surface area contributed by atoms with Crippen molar-refractivity contribution in [1.82, 2.24) is 5.32 Å². The molecule has 0 fully saturated rings. The van der Waals surface area contributed by atoms with Gasteiger partial charge in [0.05, 0.1) is 18.7 Å². The normalized spacial score (nSPS) is 14.4. The molecule has 13 heavy (non-hydrogen) atoms. The van der Waals surface area contributed by atoms with Gasteiger partial charge in [-0.05, 0) is 13.8 Å². The van der Waals surface area contributed by atoms with Gasteiger partial charge in [0.15, 0.2) is 0 Å². The van der Waals surface area contributed by atoms with E-state index in [0.29, 0.717) is 0 Å². The van der Waals surface area contributed by atoms with E-state index in [-0.39, 0.29) is 13.0 Å². The van der Waals surface area contributed by atoms with Gasteiger partial charge in [0.2, 0.25) is 0 Å². The van der Waals surface area contributed by atoms with Crippen LogP contribution in [0.25, 0.3) is 0 Å². The smallest absolute Gasteiger partial charge is 0.313 e. The summed E-state index contributed by atoms with van der Waals surface area (Å²) >= 11 is 0. The first-order valence-electron chi connectivity index (χ1n) is 3.89. The molecule has 0 heterocycles. The van der Waals surface area contributed by atoms with Crippen LogP contribution in [0.4, 0.5) is 4.79 Å². The molecule has 76 valence electrons. The predicted molar refractivity (Wildman–Crippen MR) is 46.6 cm³/mol. The zero-order chi connectivity index (χ0) is 10.5. The number of ether oxygens (including phenoxy) is 1. The summed E-state index contributed by atoms with van der Waals surface area (Å²) in [4.78, 5) is 21.4. The monoisotopic (exact) mass is 189 g/mol. The molecule has 0 aromatic heterocycles. The number of primary amides is 1. The Morgan fingerprint density at radius 1 is 1.54 bits per heavy atom. The van der Waals surface area contributed by atoms with Gasteiger partial charge in [0.25, 0.3) is 0 Å². The quantitative estimate of drug-likeness (QED) is 0.400. The summed E-state index contributed by atoms with van der Waals surface area (Å²) in [7, 11) is 0. The minimum absolute atomic E-state index is 0.107. The molecule has 0 aromatic rings. The van der Waals surface area contributed by atoms with Gasteiger partial charge in [-0.2, -0.15) is 0 Å². The Balaban J connectivity index is 4.00. The number of amides is 2. The Bertz CT molecular complexity index is 203. The van der Waals surface area contributed by atoms with Gasteiger partial charge >= 0.3 is 12.0 Å². The molecule has 6 heteroatoms. The van der Waals surface area contributed by atoms with E-state index in [1.165, 1.54) is 6.92 Å². The predicted octanol–water partition coefficient (Wildman–Crippen LogP) is -0.717. The topological polar surface area (TPSA) is 107 Å². The van der Waals surface area contributed by atoms with E-state index in [2.05, 4.69) is 10.1 Å². The average Bonchev–Trinajstić information content (AvgIpc) is 1.81. The third kappa shape index (κ3) is 5.92. The highest BCUT2D eigenvalue weighted by Crippen LogP contribution is 2.02. The van der Waals surface area contributed by atoms with E-state index < -0.39 is 17.7 Å². The third-order valence-corrected chi connectivity index (χ3v) is 1.23. The number of hydrogen-bond acceptors (Lipinski definition) is 4. The highest BCUT2D eigenvalue weighted by molar-refractivity contribution is 5.75. The van der Waals surface area contributed by atoms with Crippen molar-refractivity contribution in [2.24, 2.45) is 11.5 Å². The molecule has 0 aliphatic carbocycles. The molecule has 5 N–H and O–H groups in total. The van der Waals surface area contributed by atoms with Crippen LogP contribution >= 0.6 is 0 Å². The Kier molecular flexibility index (Phi) is 4.19. The van der Waals surface area contributed by atoms with Crippen LogP contribution < -0.4 is 16.8 Å². The Hall–Kier alpha value is -1.30. The summed E-state index contributed by atoms with van der Waals surface area (Å²) in [5, 5.41) is 2.22. The van der Waals surface area contributed by atoms with Crippen LogP contribution in [0.15, 0.2) is 0 Å². The van der Waals surface area contributed by atoms with E-state index in [1.807, 2.05) is 0 Å². The van der Waals surface area contributed by atoms with Gasteiger partial charge < -0.3 is 21.5 Å². The molecule has 0 aliphatic heterocycles. The van der Waals surface area contributed by atoms with Crippen LogP contribution in [0, 0.1) is 0 Å². The molecule has 0 saturated heterocycles. The second kappa shape index (κ2) is 4.66. The lowest BCUT2D eigenvalue weighted by molar-refractivity contribution is -0.144. The maximum atomic E-state index is 10.9. The van der Waals surface area contributed by atoms with Crippen LogP contribution in [0.5, 0.6) is 0 Å². The molecule has 6 nitrogen and oxygen atoms in total. The lowest BCUT2D eigenvalue weighted by atomic mass is 10.1. The van der Waals surface area contributed by atoms with E-state index in [0.717, 1.165) is 0 Å². The Morgan fingerprint density at radius 2 is 2.08 bits per heavy atom. The molecule has 0 unspecified atom stereocenters. The molecule has 1 atom stereocenters. The zero-order valence-electron chi connectivity index (χ0n) is 7.79. The largest absolute Gasteiger partial charge is 0.466 e. The number of urea groups is 1. The molecule has 0 radical (unpaired) electrons. The lowest BCUT2D eigenvalue weighted by Gasteiger charge is -2.23. The van der Waals surface area contributed by atoms with Gasteiger partial charge in [0, 0.05) is 0 Å². The zero-order valence-corrected chi connectivity index (χ0v) is 7.79. The SMILES string of the molecule is CCOC(=O)C[C@@](C)(N)NC(N)=O. The minimum Gasteiger partial charge on any atom is -0.466 e. The van der Waals surface area contributed by atoms with E-state index in [1.54, 1.807) is 6.92 Å². The van der Waals surface area contributed by atoms with Crippen LogP contribution in [-0.4, -0.2) is 24.3 Å². The second-order valence-electron chi connectivity index (χ2n) is 2.89. The van der Waals surface area contributed by atoms with Crippen molar-refractivity contribution >= 4 is 12.0 Å². The summed E-state index contributed by atoms with van der Waals surface area (Å²) in [6.07, 6.45) is -0.107. The third-order valence-electron chi connectivity index (χ3n) is 1.23. The highest BCUT2D eigenvalue weighted by Gasteiger charge is 2.24. The first-order chi connectivity index (χ1) is 5.87. The summed E-state index contributed by atoms with van der Waals surface area (Å²) in [5.41, 5.74) is 9.23. The summed E-state index contributed by atoms with van der Waals surface area (Å²) in [6.45, 7) is 3.45. The molecule has 0 aliphatic rings. The van der Waals surface area contributed by atoms with Crippen molar-refractivity contribution in [2.75, 3.05) is 6.61 Å². The molecule has 0 aromatic carbocycles. The molecular weight excluding hydrogens is 174 g/mol. The van der Waals surface area contributed by atoms with Gasteiger partial charge in [-0.1, -0.05) is 0 Å². The minimum atomic E-state index is -1.15. The standard InChI is InChI=1S/C7H15N3O3/c1-3-13-5(11)4-7(2,9)10-6(8)12/h3-4,9H2,1-2H3,(H3,8,10,12)/t7-/m0/s1. The summed E-state index contributed by atoms with van der Waals surface area (Å²) < 4.78 is 4.65. The van der Waals surface area contributed by atoms with E-state index in [4.69, 9.17) is 11.5 Å². The number of hydrogen-bond donors (Lipinski definition) is 3. The number of rotatable bonds is 4. The fourth-order valence-corrected chi connectivity index (χ4v) is 0.837. The van der Waals surface area contributed by atoms with E-state index in [9.17, 15) is 9.59 Å². The van der Waals surface area contributed by atoms with Crippen molar-refractivity contribution in [3.05, 3.63) is 0 Å². The van der Waals surface area contributed by atoms with Crippen molar-refractivity contribution in [3.8, 4) is 0 Å². The van der Waals surface area contributed by atoms with Crippen LogP contribution in [0.3, 0.4) is 0 Å². The number of nitrogens with two attached hydrogens (primary N) is 2. The maximum Gasteiger partial charge on any atom is 0.313 e. The van der Waals surface area contributed by atoms with Gasteiger partial charge in [0.1, 0.15) is 0 Å². The van der Waals surface area contributed by atoms with Crippen LogP contribution in [0.2, 0.25) is 0 Å². The highest BCUT2D eigenvalue weighted by atomic mass is 16.5. The number of esters is 1. The van der Waals surface area contributed by atoms with Crippen LogP contribution in [-0.2, 0) is 9.53 Å². The Morgan fingerprint density at radius 3 is 2.46 bits per heavy atom. The average molecular weight is 189 g/mol. The number of carbonyl (C=O) groups excluding carboxylic acids is 2. The second-order valence-corrected chi connectivity index (χ2v) is 2.89. The molecule has 0 saturated carbocycles. The first kappa shape index (κ1) is 11.7. The summed E-state index contributed by atoms with van der Waals surface area (Å²) in [6, 6.07) is -0.769. The molecule has 0 rings (SSSR count). The molecule has 2 amide bonds. The summed E-state index contributed by atoms with van der Waals surface area (Å²) in [5.74, 6) is -0.471. The van der Waals surface area contributed by atoms with Gasteiger partial charge in [-0.15, -0.1) is 0 Å². The van der Waals surface area contributed by atoms with E-state index >= 15 is 0 Å². The molecular formula is C7H15N3O3. The maximum absolute atomic E-state index is 10.9. The number of nitrogens with one attached hydrogen (secondary N) is 1. The first-order valence-corrected chi connectivity index (χ1v) is 3.89. The van der Waals surface area contributed by atoms with Crippen molar-refractivity contribution in [1.29, 1.82) is 0 Å². The van der Waals surface area contributed by atoms with Gasteiger partial charge in [-0.25, -0.2) is 4.79 Å². The lowest BCUT2D eigenvalue weighted by Crippen LogP contribution is -2.56. The molecule has 0 spiro atoms. The van der Waals surface area contributed by atoms with Crippen molar-refractivity contribution in [2.45, 2.75) is 25.9 Å². The fourth-order valence-electron chi connectivity index (χ4n) is 0.837. The van der Waals surface area contributed by atoms with Crippen LogP contribution in [0.1, 0.15) is 20.3 Å². The van der Waals surface area contributed by atoms with Crippen molar-refractivity contribution < 1.29 is 14.3 Å².